The van der Waals surface area contributed by atoms with Crippen molar-refractivity contribution < 1.29 is 9.15 Å². The summed E-state index contributed by atoms with van der Waals surface area (Å²) in [4.78, 5) is 0. The molecule has 0 aliphatic rings. The first-order valence-corrected chi connectivity index (χ1v) is 6.57. The van der Waals surface area contributed by atoms with E-state index in [1.165, 1.54) is 5.57 Å². The molecule has 0 fully saturated rings. The third-order valence-corrected chi connectivity index (χ3v) is 3.17. The lowest BCUT2D eigenvalue weighted by Gasteiger charge is -2.12. The Morgan fingerprint density at radius 2 is 2.35 bits per heavy atom. The summed E-state index contributed by atoms with van der Waals surface area (Å²) in [6.45, 7) is 6.81. The van der Waals surface area contributed by atoms with Crippen molar-refractivity contribution in [2.45, 2.75) is 13.8 Å². The lowest BCUT2D eigenvalue weighted by atomic mass is 10.0. The monoisotopic (exact) mass is 301 g/mol. The fourth-order valence-corrected chi connectivity index (χ4v) is 1.72. The Morgan fingerprint density at radius 3 is 2.88 bits per heavy atom. The van der Waals surface area contributed by atoms with Crippen molar-refractivity contribution in [1.82, 2.24) is 5.32 Å². The average Bonchev–Trinajstić information content (AvgIpc) is 2.68. The smallest absolute Gasteiger partial charge is 0.140 e. The topological polar surface area (TPSA) is 34.4 Å². The molecule has 0 radical (unpaired) electrons. The second-order valence-corrected chi connectivity index (χ2v) is 5.03. The molecule has 96 valence electrons. The van der Waals surface area contributed by atoms with Crippen LogP contribution in [0.25, 0.3) is 6.08 Å². The maximum Gasteiger partial charge on any atom is 0.140 e. The first-order chi connectivity index (χ1) is 8.15. The van der Waals surface area contributed by atoms with E-state index in [-0.39, 0.29) is 0 Å². The van der Waals surface area contributed by atoms with Crippen LogP contribution in [0.4, 0.5) is 0 Å². The zero-order chi connectivity index (χ0) is 12.7. The summed E-state index contributed by atoms with van der Waals surface area (Å²) >= 11 is 3.46. The van der Waals surface area contributed by atoms with E-state index in [9.17, 15) is 0 Å². The first kappa shape index (κ1) is 14.5. The standard InChI is InChI=1S/C13H20BrNO2/c1-10(2)11(9-15-5-7-16-3)8-13-12(14)4-6-17-13/h4,6,8,10,15H,5,7,9H2,1-3H3/b11-8-. The van der Waals surface area contributed by atoms with Crippen molar-refractivity contribution in [2.24, 2.45) is 5.92 Å². The Kier molecular flexibility index (Phi) is 6.55. The highest BCUT2D eigenvalue weighted by Gasteiger charge is 2.06. The molecule has 1 heterocycles. The van der Waals surface area contributed by atoms with Gasteiger partial charge in [0.15, 0.2) is 0 Å². The number of hydrogen-bond donors (Lipinski definition) is 1. The highest BCUT2D eigenvalue weighted by atomic mass is 79.9. The molecule has 0 saturated carbocycles. The van der Waals surface area contributed by atoms with Crippen molar-refractivity contribution >= 4 is 22.0 Å². The van der Waals surface area contributed by atoms with Crippen LogP contribution in [0.3, 0.4) is 0 Å². The molecule has 0 saturated heterocycles. The molecule has 4 heteroatoms. The van der Waals surface area contributed by atoms with Gasteiger partial charge in [0.2, 0.25) is 0 Å². The van der Waals surface area contributed by atoms with Gasteiger partial charge in [0.1, 0.15) is 5.76 Å². The van der Waals surface area contributed by atoms with Crippen LogP contribution in [0.1, 0.15) is 19.6 Å². The average molecular weight is 302 g/mol. The largest absolute Gasteiger partial charge is 0.464 e. The van der Waals surface area contributed by atoms with E-state index in [2.05, 4.69) is 41.2 Å². The molecular weight excluding hydrogens is 282 g/mol. The van der Waals surface area contributed by atoms with Gasteiger partial charge < -0.3 is 14.5 Å². The summed E-state index contributed by atoms with van der Waals surface area (Å²) < 4.78 is 11.4. The van der Waals surface area contributed by atoms with Crippen molar-refractivity contribution in [2.75, 3.05) is 26.8 Å². The van der Waals surface area contributed by atoms with Gasteiger partial charge in [-0.1, -0.05) is 19.4 Å². The van der Waals surface area contributed by atoms with Crippen LogP contribution in [-0.4, -0.2) is 26.8 Å². The van der Waals surface area contributed by atoms with E-state index in [0.29, 0.717) is 5.92 Å². The molecule has 0 bridgehead atoms. The third-order valence-electron chi connectivity index (χ3n) is 2.51. The van der Waals surface area contributed by atoms with Gasteiger partial charge in [-0.3, -0.25) is 0 Å². The predicted molar refractivity (Wildman–Crippen MR) is 74.0 cm³/mol. The molecule has 3 nitrogen and oxygen atoms in total. The van der Waals surface area contributed by atoms with Crippen molar-refractivity contribution in [3.63, 3.8) is 0 Å². The highest BCUT2D eigenvalue weighted by Crippen LogP contribution is 2.22. The lowest BCUT2D eigenvalue weighted by molar-refractivity contribution is 0.200. The third kappa shape index (κ3) is 5.06. The number of nitrogens with one attached hydrogen (secondary N) is 1. The van der Waals surface area contributed by atoms with Gasteiger partial charge in [-0.15, -0.1) is 0 Å². The summed E-state index contributed by atoms with van der Waals surface area (Å²) in [7, 11) is 1.71. The van der Waals surface area contributed by atoms with Crippen LogP contribution in [0.5, 0.6) is 0 Å². The quantitative estimate of drug-likeness (QED) is 0.785. The van der Waals surface area contributed by atoms with Gasteiger partial charge in [-0.2, -0.15) is 0 Å². The van der Waals surface area contributed by atoms with E-state index in [1.54, 1.807) is 13.4 Å². The molecule has 1 rings (SSSR count). The van der Waals surface area contributed by atoms with Crippen molar-refractivity contribution in [1.29, 1.82) is 0 Å². The fraction of sp³-hybridized carbons (Fsp3) is 0.538. The van der Waals surface area contributed by atoms with Crippen LogP contribution in [0, 0.1) is 5.92 Å². The number of furan rings is 1. The minimum absolute atomic E-state index is 0.488. The summed E-state index contributed by atoms with van der Waals surface area (Å²) in [6.07, 6.45) is 3.78. The Balaban J connectivity index is 2.60. The second kappa shape index (κ2) is 7.69. The molecule has 0 amide bonds. The number of hydrogen-bond acceptors (Lipinski definition) is 3. The minimum atomic E-state index is 0.488. The van der Waals surface area contributed by atoms with Crippen LogP contribution >= 0.6 is 15.9 Å². The van der Waals surface area contributed by atoms with Gasteiger partial charge in [0, 0.05) is 20.2 Å². The zero-order valence-electron chi connectivity index (χ0n) is 10.6. The van der Waals surface area contributed by atoms with Gasteiger partial charge in [0.05, 0.1) is 17.3 Å². The summed E-state index contributed by atoms with van der Waals surface area (Å²) in [5.74, 6) is 1.37. The zero-order valence-corrected chi connectivity index (χ0v) is 12.2. The van der Waals surface area contributed by atoms with Crippen LogP contribution in [-0.2, 0) is 4.74 Å². The number of rotatable bonds is 7. The maximum absolute atomic E-state index is 5.40. The Hall–Kier alpha value is -0.580. The second-order valence-electron chi connectivity index (χ2n) is 4.18. The molecule has 0 aliphatic heterocycles. The van der Waals surface area contributed by atoms with E-state index in [4.69, 9.17) is 9.15 Å². The Bertz CT molecular complexity index is 358. The van der Waals surface area contributed by atoms with Gasteiger partial charge in [-0.05, 0) is 34.0 Å². The van der Waals surface area contributed by atoms with Crippen LogP contribution in [0.2, 0.25) is 0 Å². The normalized spacial score (nSPS) is 12.4. The van der Waals surface area contributed by atoms with E-state index in [0.717, 1.165) is 29.9 Å². The maximum atomic E-state index is 5.40. The predicted octanol–water partition coefficient (Wildman–Crippen LogP) is 3.32. The molecule has 1 N–H and O–H groups in total. The van der Waals surface area contributed by atoms with E-state index >= 15 is 0 Å². The molecule has 0 aromatic carbocycles. The number of ether oxygens (including phenoxy) is 1. The molecule has 0 atom stereocenters. The van der Waals surface area contributed by atoms with Crippen molar-refractivity contribution in [3.05, 3.63) is 28.1 Å². The van der Waals surface area contributed by atoms with E-state index in [1.807, 2.05) is 6.07 Å². The molecule has 1 aromatic heterocycles. The number of halogens is 1. The highest BCUT2D eigenvalue weighted by molar-refractivity contribution is 9.10. The number of methoxy groups -OCH3 is 1. The Morgan fingerprint density at radius 1 is 1.59 bits per heavy atom. The lowest BCUT2D eigenvalue weighted by Crippen LogP contribution is -2.23. The van der Waals surface area contributed by atoms with Crippen LogP contribution < -0.4 is 5.32 Å². The molecule has 0 spiro atoms. The van der Waals surface area contributed by atoms with E-state index < -0.39 is 0 Å². The van der Waals surface area contributed by atoms with Gasteiger partial charge in [0.25, 0.3) is 0 Å². The minimum Gasteiger partial charge on any atom is -0.464 e. The fourth-order valence-electron chi connectivity index (χ4n) is 1.41. The van der Waals surface area contributed by atoms with Crippen molar-refractivity contribution in [3.8, 4) is 0 Å². The SMILES string of the molecule is COCCNC/C(=C/c1occc1Br)C(C)C. The summed E-state index contributed by atoms with van der Waals surface area (Å²) in [5.41, 5.74) is 1.32. The molecule has 1 aromatic rings. The van der Waals surface area contributed by atoms with Gasteiger partial charge in [-0.25, -0.2) is 0 Å². The first-order valence-electron chi connectivity index (χ1n) is 5.78. The van der Waals surface area contributed by atoms with Gasteiger partial charge >= 0.3 is 0 Å². The Labute approximate surface area is 111 Å². The van der Waals surface area contributed by atoms with Crippen LogP contribution in [0.15, 0.2) is 26.8 Å². The molecule has 0 aliphatic carbocycles. The molecular formula is C13H20BrNO2. The molecule has 0 unspecified atom stereocenters. The summed E-state index contributed by atoms with van der Waals surface area (Å²) in [5, 5.41) is 3.35. The molecule has 17 heavy (non-hydrogen) atoms. The summed E-state index contributed by atoms with van der Waals surface area (Å²) in [6, 6.07) is 1.90.